The van der Waals surface area contributed by atoms with E-state index in [0.717, 1.165) is 36.1 Å². The van der Waals surface area contributed by atoms with Crippen LogP contribution in [-0.4, -0.2) is 50.8 Å². The molecule has 1 fully saturated rings. The quantitative estimate of drug-likeness (QED) is 0.607. The maximum absolute atomic E-state index is 6.11. The molecule has 1 N–H and O–H groups in total. The van der Waals surface area contributed by atoms with Crippen LogP contribution in [0.3, 0.4) is 0 Å². The number of ether oxygens (including phenoxy) is 1. The maximum Gasteiger partial charge on any atom is 0.213 e. The van der Waals surface area contributed by atoms with Gasteiger partial charge in [-0.15, -0.1) is 0 Å². The highest BCUT2D eigenvalue weighted by atomic mass is 16.5. The van der Waals surface area contributed by atoms with Crippen LogP contribution in [0.25, 0.3) is 0 Å². The van der Waals surface area contributed by atoms with E-state index in [2.05, 4.69) is 32.3 Å². The van der Waals surface area contributed by atoms with Gasteiger partial charge in [0.2, 0.25) is 5.88 Å². The van der Waals surface area contributed by atoms with Gasteiger partial charge in [0.25, 0.3) is 0 Å². The molecule has 0 bridgehead atoms. The van der Waals surface area contributed by atoms with E-state index in [1.165, 1.54) is 12.8 Å². The first kappa shape index (κ1) is 20.1. The van der Waals surface area contributed by atoms with E-state index in [-0.39, 0.29) is 6.10 Å². The van der Waals surface area contributed by atoms with Gasteiger partial charge < -0.3 is 15.0 Å². The lowest BCUT2D eigenvalue weighted by Crippen LogP contribution is -2.38. The molecular formula is C20H31N7O. The van der Waals surface area contributed by atoms with Crippen LogP contribution >= 0.6 is 0 Å². The second-order valence-corrected chi connectivity index (χ2v) is 7.56. The molecule has 0 radical (unpaired) electrons. The summed E-state index contributed by atoms with van der Waals surface area (Å²) in [4.78, 5) is 15.0. The number of guanidine groups is 1. The lowest BCUT2D eigenvalue weighted by atomic mass is 9.89. The van der Waals surface area contributed by atoms with Crippen LogP contribution in [0, 0.1) is 5.92 Å². The number of nitrogens with one attached hydrogen (secondary N) is 1. The fraction of sp³-hybridized carbons (Fsp3) is 0.600. The van der Waals surface area contributed by atoms with Crippen molar-refractivity contribution in [2.24, 2.45) is 18.0 Å². The average molecular weight is 386 g/mol. The lowest BCUT2D eigenvalue weighted by Gasteiger charge is -2.26. The summed E-state index contributed by atoms with van der Waals surface area (Å²) < 4.78 is 7.88. The molecule has 1 aliphatic carbocycles. The lowest BCUT2D eigenvalue weighted by molar-refractivity contribution is 0.130. The highest BCUT2D eigenvalue weighted by Gasteiger charge is 2.20. The fourth-order valence-electron chi connectivity index (χ4n) is 3.46. The van der Waals surface area contributed by atoms with Gasteiger partial charge >= 0.3 is 0 Å². The molecule has 152 valence electrons. The third-order valence-corrected chi connectivity index (χ3v) is 5.26. The number of rotatable bonds is 6. The number of hydrogen-bond acceptors (Lipinski definition) is 5. The number of pyridine rings is 1. The zero-order chi connectivity index (χ0) is 19.9. The molecule has 0 saturated heterocycles. The smallest absolute Gasteiger partial charge is 0.213 e. The Bertz CT molecular complexity index is 780. The first-order valence-electron chi connectivity index (χ1n) is 9.91. The molecule has 1 saturated carbocycles. The molecular weight excluding hydrogens is 354 g/mol. The van der Waals surface area contributed by atoms with Gasteiger partial charge in [-0.1, -0.05) is 6.92 Å². The summed E-state index contributed by atoms with van der Waals surface area (Å²) in [5.41, 5.74) is 1.11. The van der Waals surface area contributed by atoms with E-state index < -0.39 is 0 Å². The number of aliphatic imine (C=N–C) groups is 1. The highest BCUT2D eigenvalue weighted by Crippen LogP contribution is 2.26. The maximum atomic E-state index is 6.11. The van der Waals surface area contributed by atoms with Crippen LogP contribution in [0.4, 0.5) is 0 Å². The van der Waals surface area contributed by atoms with Gasteiger partial charge in [0.05, 0.1) is 6.54 Å². The van der Waals surface area contributed by atoms with Gasteiger partial charge in [0, 0.05) is 40.0 Å². The molecule has 8 heteroatoms. The highest BCUT2D eigenvalue weighted by molar-refractivity contribution is 5.79. The minimum atomic E-state index is 0.289. The van der Waals surface area contributed by atoms with Crippen LogP contribution in [0.15, 0.2) is 29.6 Å². The second-order valence-electron chi connectivity index (χ2n) is 7.56. The van der Waals surface area contributed by atoms with E-state index in [0.29, 0.717) is 19.0 Å². The molecule has 2 aromatic heterocycles. The SMILES string of the molecule is CN=C(NCc1ccnc(OC2CCC(C)CC2)c1)N(C)Cc1ncnn1C. The van der Waals surface area contributed by atoms with Crippen molar-refractivity contribution in [1.29, 1.82) is 0 Å². The largest absolute Gasteiger partial charge is 0.474 e. The average Bonchev–Trinajstić information content (AvgIpc) is 3.09. The van der Waals surface area contributed by atoms with Crippen LogP contribution < -0.4 is 10.1 Å². The van der Waals surface area contributed by atoms with Gasteiger partial charge in [-0.3, -0.25) is 9.67 Å². The molecule has 0 unspecified atom stereocenters. The van der Waals surface area contributed by atoms with Crippen molar-refractivity contribution in [2.75, 3.05) is 14.1 Å². The summed E-state index contributed by atoms with van der Waals surface area (Å²) in [6, 6.07) is 4.01. The van der Waals surface area contributed by atoms with Gasteiger partial charge in [-0.2, -0.15) is 5.10 Å². The molecule has 3 rings (SSSR count). The molecule has 0 aliphatic heterocycles. The van der Waals surface area contributed by atoms with Crippen molar-refractivity contribution < 1.29 is 4.74 Å². The molecule has 0 spiro atoms. The van der Waals surface area contributed by atoms with Crippen molar-refractivity contribution in [1.82, 2.24) is 30.0 Å². The molecule has 8 nitrogen and oxygen atoms in total. The van der Waals surface area contributed by atoms with Crippen LogP contribution in [0.5, 0.6) is 5.88 Å². The summed E-state index contributed by atoms with van der Waals surface area (Å²) in [5.74, 6) is 3.20. The zero-order valence-electron chi connectivity index (χ0n) is 17.3. The summed E-state index contributed by atoms with van der Waals surface area (Å²) in [7, 11) is 5.65. The predicted molar refractivity (Wildman–Crippen MR) is 109 cm³/mol. The van der Waals surface area contributed by atoms with E-state index in [1.807, 2.05) is 37.3 Å². The summed E-state index contributed by atoms with van der Waals surface area (Å²) >= 11 is 0. The van der Waals surface area contributed by atoms with Crippen LogP contribution in [-0.2, 0) is 20.1 Å². The molecule has 0 aromatic carbocycles. The molecule has 1 aliphatic rings. The first-order chi connectivity index (χ1) is 13.5. The Morgan fingerprint density at radius 2 is 2.11 bits per heavy atom. The van der Waals surface area contributed by atoms with E-state index >= 15 is 0 Å². The standard InChI is InChI=1S/C20H31N7O/c1-15-5-7-17(8-6-15)28-19-11-16(9-10-22-19)12-23-20(21-2)26(3)13-18-24-14-25-27(18)4/h9-11,14-15,17H,5-8,12-13H2,1-4H3,(H,21,23). The molecule has 2 aromatic rings. The second kappa shape index (κ2) is 9.52. The van der Waals surface area contributed by atoms with Crippen LogP contribution in [0.2, 0.25) is 0 Å². The Balaban J connectivity index is 1.53. The number of hydrogen-bond donors (Lipinski definition) is 1. The summed E-state index contributed by atoms with van der Waals surface area (Å²) in [6.45, 7) is 3.59. The van der Waals surface area contributed by atoms with Gasteiger partial charge in [-0.25, -0.2) is 9.97 Å². The van der Waals surface area contributed by atoms with E-state index in [1.54, 1.807) is 18.1 Å². The topological polar surface area (TPSA) is 80.5 Å². The Morgan fingerprint density at radius 1 is 1.32 bits per heavy atom. The van der Waals surface area contributed by atoms with E-state index in [4.69, 9.17) is 4.74 Å². The van der Waals surface area contributed by atoms with Gasteiger partial charge in [0.15, 0.2) is 5.96 Å². The normalized spacial score (nSPS) is 20.1. The Labute approximate surface area is 167 Å². The number of nitrogens with zero attached hydrogens (tertiary/aromatic N) is 6. The molecule has 2 heterocycles. The Hall–Kier alpha value is -2.64. The molecule has 28 heavy (non-hydrogen) atoms. The van der Waals surface area contributed by atoms with Crippen molar-refractivity contribution in [3.8, 4) is 5.88 Å². The third kappa shape index (κ3) is 5.43. The fourth-order valence-corrected chi connectivity index (χ4v) is 3.46. The summed E-state index contributed by atoms with van der Waals surface area (Å²) in [6.07, 6.45) is 8.36. The third-order valence-electron chi connectivity index (χ3n) is 5.26. The number of aryl methyl sites for hydroxylation is 1. The predicted octanol–water partition coefficient (Wildman–Crippen LogP) is 2.38. The van der Waals surface area contributed by atoms with Crippen LogP contribution in [0.1, 0.15) is 44.0 Å². The van der Waals surface area contributed by atoms with Gasteiger partial charge in [-0.05, 0) is 43.2 Å². The monoisotopic (exact) mass is 385 g/mol. The minimum Gasteiger partial charge on any atom is -0.474 e. The van der Waals surface area contributed by atoms with Gasteiger partial charge in [0.1, 0.15) is 18.3 Å². The Morgan fingerprint density at radius 3 is 2.79 bits per heavy atom. The van der Waals surface area contributed by atoms with Crippen molar-refractivity contribution in [3.05, 3.63) is 36.0 Å². The molecule has 0 amide bonds. The Kier molecular flexibility index (Phi) is 6.84. The van der Waals surface area contributed by atoms with Crippen molar-refractivity contribution in [3.63, 3.8) is 0 Å². The first-order valence-corrected chi connectivity index (χ1v) is 9.91. The van der Waals surface area contributed by atoms with Crippen molar-refractivity contribution in [2.45, 2.75) is 51.8 Å². The minimum absolute atomic E-state index is 0.289. The van der Waals surface area contributed by atoms with Crippen molar-refractivity contribution >= 4 is 5.96 Å². The summed E-state index contributed by atoms with van der Waals surface area (Å²) in [5, 5.41) is 7.50. The number of aromatic nitrogens is 4. The van der Waals surface area contributed by atoms with E-state index in [9.17, 15) is 0 Å². The zero-order valence-corrected chi connectivity index (χ0v) is 17.3. The molecule has 0 atom stereocenters.